The number of amides is 1. The molecule has 1 aliphatic heterocycles. The highest BCUT2D eigenvalue weighted by atomic mass is 16.5. The summed E-state index contributed by atoms with van der Waals surface area (Å²) < 4.78 is 5.53. The van der Waals surface area contributed by atoms with Gasteiger partial charge in [0.2, 0.25) is 0 Å². The number of nitrogen functional groups attached to an aromatic ring is 1. The molecule has 1 unspecified atom stereocenters. The molecule has 0 radical (unpaired) electrons. The Hall–Kier alpha value is -2.50. The Bertz CT molecular complexity index is 650. The predicted octanol–water partition coefficient (Wildman–Crippen LogP) is 1.42. The molecule has 3 rings (SSSR count). The van der Waals surface area contributed by atoms with Crippen LogP contribution in [0.25, 0.3) is 0 Å². The van der Waals surface area contributed by atoms with Gasteiger partial charge < -0.3 is 15.8 Å². The van der Waals surface area contributed by atoms with Crippen molar-refractivity contribution >= 4 is 11.6 Å². The molecule has 1 atom stereocenters. The van der Waals surface area contributed by atoms with Crippen LogP contribution in [0.3, 0.4) is 0 Å². The van der Waals surface area contributed by atoms with Crippen LogP contribution in [0.15, 0.2) is 24.3 Å². The topological polar surface area (TPSA) is 93.0 Å². The number of rotatable bonds is 3. The Kier molecular flexibility index (Phi) is 3.06. The minimum atomic E-state index is -0.288. The number of nitrogens with two attached hydrogens (primary N) is 1. The molecule has 1 aliphatic rings. The van der Waals surface area contributed by atoms with E-state index in [-0.39, 0.29) is 17.6 Å². The number of ether oxygens (including phenoxy) is 1. The predicted molar refractivity (Wildman–Crippen MR) is 74.5 cm³/mol. The zero-order chi connectivity index (χ0) is 14.1. The third-order valence-electron chi connectivity index (χ3n) is 3.46. The van der Waals surface area contributed by atoms with Gasteiger partial charge in [-0.05, 0) is 12.5 Å². The largest absolute Gasteiger partial charge is 0.491 e. The molecule has 1 aromatic carbocycles. The number of hydrogen-bond donors (Lipinski definition) is 3. The highest BCUT2D eigenvalue weighted by Crippen LogP contribution is 2.31. The molecule has 0 aliphatic carbocycles. The van der Waals surface area contributed by atoms with Crippen LogP contribution in [-0.4, -0.2) is 22.7 Å². The molecule has 6 nitrogen and oxygen atoms in total. The first-order chi connectivity index (χ1) is 9.70. The second-order valence-electron chi connectivity index (χ2n) is 4.69. The van der Waals surface area contributed by atoms with Gasteiger partial charge in [0.05, 0.1) is 17.4 Å². The number of benzene rings is 1. The second kappa shape index (κ2) is 4.88. The normalized spacial score (nSPS) is 16.6. The molecule has 1 aromatic heterocycles. The van der Waals surface area contributed by atoms with E-state index in [9.17, 15) is 4.79 Å². The Balaban J connectivity index is 1.79. The number of para-hydroxylation sites is 1. The van der Waals surface area contributed by atoms with E-state index in [1.54, 1.807) is 0 Å². The first-order valence-electron chi connectivity index (χ1n) is 6.56. The molecular weight excluding hydrogens is 256 g/mol. The Morgan fingerprint density at radius 3 is 3.10 bits per heavy atom. The van der Waals surface area contributed by atoms with Gasteiger partial charge in [0.25, 0.3) is 5.91 Å². The molecule has 0 bridgehead atoms. The van der Waals surface area contributed by atoms with Crippen LogP contribution in [0.5, 0.6) is 5.75 Å². The number of hydrogen-bond acceptors (Lipinski definition) is 4. The molecule has 4 N–H and O–H groups in total. The van der Waals surface area contributed by atoms with Crippen LogP contribution < -0.4 is 15.8 Å². The van der Waals surface area contributed by atoms with Gasteiger partial charge in [-0.1, -0.05) is 25.1 Å². The number of carbonyl (C=O) groups is 1. The SMILES string of the molecule is CCc1[nH]nc(C(=O)NC2COc3ccccc32)c1N. The monoisotopic (exact) mass is 272 g/mol. The van der Waals surface area contributed by atoms with Gasteiger partial charge in [-0.15, -0.1) is 0 Å². The fourth-order valence-corrected chi connectivity index (χ4v) is 2.34. The number of aromatic amines is 1. The van der Waals surface area contributed by atoms with E-state index in [0.717, 1.165) is 17.0 Å². The van der Waals surface area contributed by atoms with Gasteiger partial charge in [-0.2, -0.15) is 5.10 Å². The molecule has 1 amide bonds. The highest BCUT2D eigenvalue weighted by molar-refractivity contribution is 5.97. The zero-order valence-electron chi connectivity index (χ0n) is 11.1. The van der Waals surface area contributed by atoms with Crippen molar-refractivity contribution in [1.29, 1.82) is 0 Å². The summed E-state index contributed by atoms with van der Waals surface area (Å²) in [5.74, 6) is 0.519. The van der Waals surface area contributed by atoms with Gasteiger partial charge in [0, 0.05) is 5.56 Å². The number of fused-ring (bicyclic) bond motifs is 1. The van der Waals surface area contributed by atoms with E-state index in [2.05, 4.69) is 15.5 Å². The summed E-state index contributed by atoms with van der Waals surface area (Å²) in [5.41, 5.74) is 8.31. The van der Waals surface area contributed by atoms with E-state index in [1.807, 2.05) is 31.2 Å². The number of H-pyrrole nitrogens is 1. The van der Waals surface area contributed by atoms with Crippen molar-refractivity contribution in [3.63, 3.8) is 0 Å². The average molecular weight is 272 g/mol. The Morgan fingerprint density at radius 1 is 1.55 bits per heavy atom. The van der Waals surface area contributed by atoms with Gasteiger partial charge in [-0.3, -0.25) is 9.89 Å². The number of carbonyl (C=O) groups excluding carboxylic acids is 1. The minimum Gasteiger partial charge on any atom is -0.491 e. The number of nitrogens with one attached hydrogen (secondary N) is 2. The average Bonchev–Trinajstić information content (AvgIpc) is 3.03. The van der Waals surface area contributed by atoms with Crippen molar-refractivity contribution in [3.8, 4) is 5.75 Å². The molecule has 0 spiro atoms. The Labute approximate surface area is 116 Å². The van der Waals surface area contributed by atoms with Crippen molar-refractivity contribution in [2.24, 2.45) is 0 Å². The summed E-state index contributed by atoms with van der Waals surface area (Å²) in [6.07, 6.45) is 0.710. The maximum absolute atomic E-state index is 12.2. The summed E-state index contributed by atoms with van der Waals surface area (Å²) in [6.45, 7) is 2.38. The van der Waals surface area contributed by atoms with Crippen molar-refractivity contribution in [1.82, 2.24) is 15.5 Å². The molecule has 20 heavy (non-hydrogen) atoms. The van der Waals surface area contributed by atoms with Crippen LogP contribution in [0.4, 0.5) is 5.69 Å². The van der Waals surface area contributed by atoms with E-state index in [1.165, 1.54) is 0 Å². The maximum Gasteiger partial charge on any atom is 0.274 e. The van der Waals surface area contributed by atoms with Gasteiger partial charge in [0.15, 0.2) is 5.69 Å². The van der Waals surface area contributed by atoms with Gasteiger partial charge >= 0.3 is 0 Å². The van der Waals surface area contributed by atoms with Crippen LogP contribution in [0, 0.1) is 0 Å². The summed E-state index contributed by atoms with van der Waals surface area (Å²) in [7, 11) is 0. The van der Waals surface area contributed by atoms with Crippen molar-refractivity contribution in [3.05, 3.63) is 41.2 Å². The number of nitrogens with zero attached hydrogens (tertiary/aromatic N) is 1. The lowest BCUT2D eigenvalue weighted by Gasteiger charge is -2.10. The van der Waals surface area contributed by atoms with E-state index >= 15 is 0 Å². The Morgan fingerprint density at radius 2 is 2.35 bits per heavy atom. The fraction of sp³-hybridized carbons (Fsp3) is 0.286. The molecule has 2 heterocycles. The minimum absolute atomic E-state index is 0.167. The summed E-state index contributed by atoms with van der Waals surface area (Å²) in [5, 5.41) is 9.67. The van der Waals surface area contributed by atoms with Crippen LogP contribution in [-0.2, 0) is 6.42 Å². The fourth-order valence-electron chi connectivity index (χ4n) is 2.34. The third kappa shape index (κ3) is 1.99. The molecule has 0 saturated heterocycles. The zero-order valence-corrected chi connectivity index (χ0v) is 11.1. The summed E-state index contributed by atoms with van der Waals surface area (Å²) in [4.78, 5) is 12.2. The van der Waals surface area contributed by atoms with Crippen LogP contribution in [0.2, 0.25) is 0 Å². The standard InChI is InChI=1S/C14H16N4O2/c1-2-9-12(15)13(18-17-9)14(19)16-10-7-20-11-6-4-3-5-8(10)11/h3-6,10H,2,7,15H2,1H3,(H,16,19)(H,17,18). The van der Waals surface area contributed by atoms with Crippen molar-refractivity contribution < 1.29 is 9.53 Å². The summed E-state index contributed by atoms with van der Waals surface area (Å²) in [6, 6.07) is 7.49. The number of aryl methyl sites for hydroxylation is 1. The maximum atomic E-state index is 12.2. The molecule has 6 heteroatoms. The smallest absolute Gasteiger partial charge is 0.274 e. The highest BCUT2D eigenvalue weighted by Gasteiger charge is 2.27. The molecule has 2 aromatic rings. The van der Waals surface area contributed by atoms with E-state index in [0.29, 0.717) is 18.7 Å². The van der Waals surface area contributed by atoms with E-state index < -0.39 is 0 Å². The lowest BCUT2D eigenvalue weighted by molar-refractivity contribution is 0.0926. The van der Waals surface area contributed by atoms with Crippen molar-refractivity contribution in [2.45, 2.75) is 19.4 Å². The van der Waals surface area contributed by atoms with Crippen molar-refractivity contribution in [2.75, 3.05) is 12.3 Å². The van der Waals surface area contributed by atoms with E-state index in [4.69, 9.17) is 10.5 Å². The van der Waals surface area contributed by atoms with Crippen LogP contribution in [0.1, 0.15) is 34.7 Å². The first kappa shape index (κ1) is 12.5. The third-order valence-corrected chi connectivity index (χ3v) is 3.46. The molecular formula is C14H16N4O2. The molecule has 0 fully saturated rings. The quantitative estimate of drug-likeness (QED) is 0.787. The first-order valence-corrected chi connectivity index (χ1v) is 6.56. The van der Waals surface area contributed by atoms with Crippen LogP contribution >= 0.6 is 0 Å². The lowest BCUT2D eigenvalue weighted by Crippen LogP contribution is -2.30. The molecule has 104 valence electrons. The second-order valence-corrected chi connectivity index (χ2v) is 4.69. The lowest BCUT2D eigenvalue weighted by atomic mass is 10.1. The number of aromatic nitrogens is 2. The van der Waals surface area contributed by atoms with Gasteiger partial charge in [0.1, 0.15) is 12.4 Å². The van der Waals surface area contributed by atoms with Gasteiger partial charge in [-0.25, -0.2) is 0 Å². The summed E-state index contributed by atoms with van der Waals surface area (Å²) >= 11 is 0. The molecule has 0 saturated carbocycles. The number of anilines is 1.